The van der Waals surface area contributed by atoms with E-state index in [1.165, 1.54) is 16.8 Å². The molecule has 0 aliphatic heterocycles. The molecular weight excluding hydrogens is 601 g/mol. The van der Waals surface area contributed by atoms with Crippen molar-refractivity contribution in [1.82, 2.24) is 24.7 Å². The Morgan fingerprint density at radius 3 is 2.48 bits per heavy atom. The predicted octanol–water partition coefficient (Wildman–Crippen LogP) is 4.98. The van der Waals surface area contributed by atoms with Crippen LogP contribution in [0.5, 0.6) is 0 Å². The zero-order valence-corrected chi connectivity index (χ0v) is 22.9. The number of benzene rings is 1. The number of nitrogens with zero attached hydrogens (tertiary/aromatic N) is 4. The molecule has 0 amide bonds. The Hall–Kier alpha value is -4.34. The lowest BCUT2D eigenvalue weighted by Gasteiger charge is -2.31. The van der Waals surface area contributed by atoms with Crippen LogP contribution in [0.4, 0.5) is 36.4 Å². The number of anilines is 1. The molecule has 1 unspecified atom stereocenters. The molecule has 1 aliphatic rings. The Bertz CT molecular complexity index is 1810. The van der Waals surface area contributed by atoms with Gasteiger partial charge in [-0.25, -0.2) is 32.6 Å². The molecule has 5 rings (SSSR count). The number of alkyl halides is 5. The van der Waals surface area contributed by atoms with Crippen LogP contribution >= 0.6 is 0 Å². The summed E-state index contributed by atoms with van der Waals surface area (Å²) in [5.41, 5.74) is -7.38. The highest BCUT2D eigenvalue weighted by atomic mass is 19.4. The molecule has 234 valence electrons. The highest BCUT2D eigenvalue weighted by Gasteiger charge is 2.38. The number of halogens is 7. The third-order valence-corrected chi connectivity index (χ3v) is 7.78. The van der Waals surface area contributed by atoms with Crippen molar-refractivity contribution in [3.05, 3.63) is 80.4 Å². The van der Waals surface area contributed by atoms with Gasteiger partial charge in [0, 0.05) is 36.7 Å². The van der Waals surface area contributed by atoms with Gasteiger partial charge in [-0.1, -0.05) is 6.42 Å². The van der Waals surface area contributed by atoms with Crippen molar-refractivity contribution in [3.63, 3.8) is 0 Å². The molecule has 0 saturated heterocycles. The molecule has 0 radical (unpaired) electrons. The van der Waals surface area contributed by atoms with E-state index >= 15 is 8.78 Å². The van der Waals surface area contributed by atoms with Gasteiger partial charge in [0.15, 0.2) is 23.1 Å². The second-order valence-corrected chi connectivity index (χ2v) is 10.9. The van der Waals surface area contributed by atoms with Crippen LogP contribution in [0.2, 0.25) is 0 Å². The number of nitrogens with one attached hydrogen (secondary N) is 2. The quantitative estimate of drug-likeness (QED) is 0.247. The minimum Gasteiger partial charge on any atom is -0.380 e. The molecular formula is C28H25F7N6O3. The normalized spacial score (nSPS) is 18.9. The van der Waals surface area contributed by atoms with Gasteiger partial charge in [0.2, 0.25) is 0 Å². The van der Waals surface area contributed by atoms with Crippen molar-refractivity contribution >= 4 is 16.5 Å². The molecule has 9 nitrogen and oxygen atoms in total. The number of H-pyrrole nitrogens is 1. The maximum Gasteiger partial charge on any atom is 0.423 e. The number of aliphatic hydroxyl groups is 1. The minimum absolute atomic E-state index is 0.0251. The van der Waals surface area contributed by atoms with Crippen LogP contribution in [0, 0.1) is 17.6 Å². The average molecular weight is 627 g/mol. The van der Waals surface area contributed by atoms with Crippen molar-refractivity contribution in [2.24, 2.45) is 5.92 Å². The van der Waals surface area contributed by atoms with E-state index in [1.807, 2.05) is 0 Å². The van der Waals surface area contributed by atoms with E-state index in [1.54, 1.807) is 5.10 Å². The van der Waals surface area contributed by atoms with Crippen LogP contribution in [-0.4, -0.2) is 42.3 Å². The van der Waals surface area contributed by atoms with Crippen molar-refractivity contribution in [2.75, 3.05) is 5.32 Å². The number of aromatic nitrogens is 5. The Morgan fingerprint density at radius 1 is 1.11 bits per heavy atom. The smallest absolute Gasteiger partial charge is 0.380 e. The Kier molecular flexibility index (Phi) is 8.22. The summed E-state index contributed by atoms with van der Waals surface area (Å²) in [7, 11) is 0. The molecule has 1 fully saturated rings. The molecule has 1 aliphatic carbocycles. The van der Waals surface area contributed by atoms with Crippen LogP contribution in [0.1, 0.15) is 43.7 Å². The lowest BCUT2D eigenvalue weighted by atomic mass is 9.85. The summed E-state index contributed by atoms with van der Waals surface area (Å²) in [5.74, 6) is -3.47. The first-order valence-electron chi connectivity index (χ1n) is 13.4. The molecule has 0 spiro atoms. The Morgan fingerprint density at radius 2 is 1.82 bits per heavy atom. The van der Waals surface area contributed by atoms with E-state index in [0.29, 0.717) is 25.7 Å². The van der Waals surface area contributed by atoms with Crippen LogP contribution in [0.3, 0.4) is 0 Å². The molecule has 3 N–H and O–H groups in total. The third kappa shape index (κ3) is 5.89. The number of aromatic amines is 1. The Balaban J connectivity index is 1.38. The monoisotopic (exact) mass is 626 g/mol. The zero-order chi connectivity index (χ0) is 32.0. The maximum absolute atomic E-state index is 15.3. The number of fused-ring (bicyclic) bond motifs is 1. The summed E-state index contributed by atoms with van der Waals surface area (Å²) in [5, 5.41) is 17.4. The standard InChI is InChI=1S/C28H25F7N6O3/c1-27(44,26(31)32)15-9-36-23(37-10-15)17-8-14-5-6-41(25(43)19(14)22(30)21(17)29)12-13-3-2-4-16(7-13)39-18-11-38-40-24(42)20(18)28(33,34)35/h5-6,8-11,13,16,26,44H,2-4,7,12H2,1H3,(H2,39,40,42)/t13-,16+,27?/m1/s1. The van der Waals surface area contributed by atoms with E-state index in [0.717, 1.165) is 31.6 Å². The van der Waals surface area contributed by atoms with Gasteiger partial charge in [0.05, 0.1) is 22.8 Å². The number of pyridine rings is 1. The van der Waals surface area contributed by atoms with Gasteiger partial charge < -0.3 is 15.0 Å². The zero-order valence-electron chi connectivity index (χ0n) is 22.9. The molecule has 3 heterocycles. The summed E-state index contributed by atoms with van der Waals surface area (Å²) in [6.45, 7) is 0.929. The molecule has 16 heteroatoms. The van der Waals surface area contributed by atoms with E-state index in [-0.39, 0.29) is 29.2 Å². The van der Waals surface area contributed by atoms with Crippen molar-refractivity contribution < 1.29 is 35.8 Å². The van der Waals surface area contributed by atoms with E-state index in [9.17, 15) is 36.6 Å². The van der Waals surface area contributed by atoms with E-state index < -0.39 is 69.2 Å². The van der Waals surface area contributed by atoms with Crippen molar-refractivity contribution in [1.29, 1.82) is 0 Å². The SMILES string of the molecule is CC(O)(c1cnc(-c2cc3ccn(C[C@@H]4CCC[C@H](Nc5cn[nH]c(=O)c5C(F)(F)F)C4)c(=O)c3c(F)c2F)nc1)C(F)F. The second-order valence-electron chi connectivity index (χ2n) is 10.9. The first kappa shape index (κ1) is 31.1. The van der Waals surface area contributed by atoms with Crippen molar-refractivity contribution in [3.8, 4) is 11.4 Å². The minimum atomic E-state index is -4.91. The lowest BCUT2D eigenvalue weighted by Crippen LogP contribution is -2.33. The van der Waals surface area contributed by atoms with E-state index in [2.05, 4.69) is 20.4 Å². The van der Waals surface area contributed by atoms with Gasteiger partial charge in [-0.05, 0) is 49.6 Å². The largest absolute Gasteiger partial charge is 0.423 e. The fourth-order valence-electron chi connectivity index (χ4n) is 5.41. The fraction of sp³-hybridized carbons (Fsp3) is 0.393. The molecule has 1 aromatic carbocycles. The highest BCUT2D eigenvalue weighted by molar-refractivity contribution is 5.86. The summed E-state index contributed by atoms with van der Waals surface area (Å²) in [4.78, 5) is 32.6. The van der Waals surface area contributed by atoms with Gasteiger partial charge in [0.1, 0.15) is 5.56 Å². The molecule has 44 heavy (non-hydrogen) atoms. The van der Waals surface area contributed by atoms with Gasteiger partial charge in [-0.15, -0.1) is 0 Å². The number of hydrogen-bond donors (Lipinski definition) is 3. The molecule has 3 atom stereocenters. The second kappa shape index (κ2) is 11.6. The van der Waals surface area contributed by atoms with Gasteiger partial charge >= 0.3 is 6.18 Å². The first-order chi connectivity index (χ1) is 20.7. The maximum atomic E-state index is 15.3. The highest BCUT2D eigenvalue weighted by Crippen LogP contribution is 2.35. The van der Waals surface area contributed by atoms with Crippen LogP contribution in [-0.2, 0) is 18.3 Å². The van der Waals surface area contributed by atoms with Crippen LogP contribution in [0.25, 0.3) is 22.2 Å². The molecule has 4 aromatic rings. The number of rotatable bonds is 7. The van der Waals surface area contributed by atoms with Gasteiger partial charge in [0.25, 0.3) is 17.5 Å². The van der Waals surface area contributed by atoms with Crippen LogP contribution < -0.4 is 16.4 Å². The number of hydrogen-bond acceptors (Lipinski definition) is 7. The third-order valence-electron chi connectivity index (χ3n) is 7.78. The van der Waals surface area contributed by atoms with Gasteiger partial charge in [-0.2, -0.15) is 18.3 Å². The van der Waals surface area contributed by atoms with E-state index in [4.69, 9.17) is 0 Å². The summed E-state index contributed by atoms with van der Waals surface area (Å²) in [6, 6.07) is 2.06. The molecule has 1 saturated carbocycles. The van der Waals surface area contributed by atoms with Crippen molar-refractivity contribution in [2.45, 2.75) is 63.4 Å². The fourth-order valence-corrected chi connectivity index (χ4v) is 5.41. The van der Waals surface area contributed by atoms with Crippen LogP contribution in [0.15, 0.2) is 46.5 Å². The lowest BCUT2D eigenvalue weighted by molar-refractivity contribution is -0.138. The average Bonchev–Trinajstić information content (AvgIpc) is 2.96. The summed E-state index contributed by atoms with van der Waals surface area (Å²) in [6.07, 6.45) is -2.00. The molecule has 3 aromatic heterocycles. The molecule has 0 bridgehead atoms. The summed E-state index contributed by atoms with van der Waals surface area (Å²) >= 11 is 0. The Labute approximate surface area is 243 Å². The topological polar surface area (TPSA) is 126 Å². The predicted molar refractivity (Wildman–Crippen MR) is 144 cm³/mol. The van der Waals surface area contributed by atoms with Gasteiger partial charge in [-0.3, -0.25) is 9.59 Å². The summed E-state index contributed by atoms with van der Waals surface area (Å²) < 4.78 is 98.2. The first-order valence-corrected chi connectivity index (χ1v) is 13.4.